The van der Waals surface area contributed by atoms with Gasteiger partial charge in [0, 0.05) is 0 Å². The maximum Gasteiger partial charge on any atom is -0.0163 e. The van der Waals surface area contributed by atoms with E-state index in [4.69, 9.17) is 0 Å². The standard InChI is InChI=1S/C10H16/c1-9(2)7-5-6-8-10(3)4/h5,7-8H,1,6H2,2-4H3/b7-5+. The Hall–Kier alpha value is -0.780. The van der Waals surface area contributed by atoms with E-state index in [9.17, 15) is 0 Å². The van der Waals surface area contributed by atoms with Crippen molar-refractivity contribution in [2.45, 2.75) is 27.2 Å². The quantitative estimate of drug-likeness (QED) is 0.411. The normalized spacial score (nSPS) is 9.90. The highest BCUT2D eigenvalue weighted by Crippen LogP contribution is 1.96. The number of hydrogen-bond acceptors (Lipinski definition) is 0. The lowest BCUT2D eigenvalue weighted by Gasteiger charge is -1.86. The van der Waals surface area contributed by atoms with Crippen molar-refractivity contribution in [2.75, 3.05) is 0 Å². The molecule has 0 nitrogen and oxygen atoms in total. The molecule has 0 aliphatic carbocycles. The lowest BCUT2D eigenvalue weighted by atomic mass is 10.2. The Balaban J connectivity index is 3.55. The van der Waals surface area contributed by atoms with E-state index in [1.54, 1.807) is 0 Å². The number of hydrogen-bond donors (Lipinski definition) is 0. The molecule has 0 N–H and O–H groups in total. The van der Waals surface area contributed by atoms with Gasteiger partial charge in [0.2, 0.25) is 0 Å². The van der Waals surface area contributed by atoms with E-state index in [1.165, 1.54) is 5.57 Å². The first-order valence-corrected chi connectivity index (χ1v) is 3.58. The van der Waals surface area contributed by atoms with Crippen LogP contribution in [0.3, 0.4) is 0 Å². The van der Waals surface area contributed by atoms with Crippen LogP contribution in [-0.2, 0) is 0 Å². The van der Waals surface area contributed by atoms with E-state index < -0.39 is 0 Å². The molecule has 0 heterocycles. The predicted molar refractivity (Wildman–Crippen MR) is 48.0 cm³/mol. The minimum atomic E-state index is 1.02. The molecule has 0 spiro atoms. The van der Waals surface area contributed by atoms with Crippen molar-refractivity contribution >= 4 is 0 Å². The van der Waals surface area contributed by atoms with Crippen molar-refractivity contribution in [1.29, 1.82) is 0 Å². The predicted octanol–water partition coefficient (Wildman–Crippen LogP) is 3.48. The zero-order valence-electron chi connectivity index (χ0n) is 7.15. The van der Waals surface area contributed by atoms with Crippen LogP contribution < -0.4 is 0 Å². The van der Waals surface area contributed by atoms with Gasteiger partial charge in [-0.3, -0.25) is 0 Å². The van der Waals surface area contributed by atoms with Crippen molar-refractivity contribution in [3.8, 4) is 0 Å². The second-order valence-electron chi connectivity index (χ2n) is 2.77. The average molecular weight is 136 g/mol. The van der Waals surface area contributed by atoms with E-state index >= 15 is 0 Å². The Bertz CT molecular complexity index is 155. The Morgan fingerprint density at radius 2 is 1.90 bits per heavy atom. The van der Waals surface area contributed by atoms with Gasteiger partial charge in [0.05, 0.1) is 0 Å². The first kappa shape index (κ1) is 9.22. The highest BCUT2D eigenvalue weighted by molar-refractivity contribution is 5.12. The van der Waals surface area contributed by atoms with E-state index in [-0.39, 0.29) is 0 Å². The highest BCUT2D eigenvalue weighted by Gasteiger charge is 1.75. The smallest absolute Gasteiger partial charge is 0.0163 e. The molecule has 0 aliphatic heterocycles. The molecular formula is C10H16. The third-order valence-corrected chi connectivity index (χ3v) is 1.06. The van der Waals surface area contributed by atoms with Gasteiger partial charge in [-0.2, -0.15) is 0 Å². The summed E-state index contributed by atoms with van der Waals surface area (Å²) in [6.07, 6.45) is 7.38. The molecule has 0 heteroatoms. The van der Waals surface area contributed by atoms with Gasteiger partial charge in [-0.15, -0.1) is 0 Å². The summed E-state index contributed by atoms with van der Waals surface area (Å²) in [5, 5.41) is 0. The van der Waals surface area contributed by atoms with Crippen molar-refractivity contribution in [2.24, 2.45) is 0 Å². The van der Waals surface area contributed by atoms with Gasteiger partial charge in [-0.05, 0) is 27.2 Å². The molecule has 0 saturated heterocycles. The van der Waals surface area contributed by atoms with Gasteiger partial charge < -0.3 is 0 Å². The molecule has 0 aliphatic rings. The summed E-state index contributed by atoms with van der Waals surface area (Å²) in [5.41, 5.74) is 2.48. The van der Waals surface area contributed by atoms with E-state index in [0.29, 0.717) is 0 Å². The second-order valence-corrected chi connectivity index (χ2v) is 2.77. The maximum absolute atomic E-state index is 3.76. The number of allylic oxidation sites excluding steroid dienone is 5. The summed E-state index contributed by atoms with van der Waals surface area (Å²) in [5.74, 6) is 0. The Morgan fingerprint density at radius 1 is 1.30 bits per heavy atom. The Kier molecular flexibility index (Phi) is 4.65. The van der Waals surface area contributed by atoms with Gasteiger partial charge in [0.1, 0.15) is 0 Å². The minimum absolute atomic E-state index is 1.02. The SMILES string of the molecule is C=C(C)/C=C/CC=C(C)C. The largest absolute Gasteiger partial charge is 0.0961 e. The molecule has 0 aromatic carbocycles. The summed E-state index contributed by atoms with van der Waals surface area (Å²) in [6, 6.07) is 0. The summed E-state index contributed by atoms with van der Waals surface area (Å²) in [4.78, 5) is 0. The van der Waals surface area contributed by atoms with Crippen LogP contribution in [0.25, 0.3) is 0 Å². The minimum Gasteiger partial charge on any atom is -0.0961 e. The summed E-state index contributed by atoms with van der Waals surface area (Å²) in [6.45, 7) is 9.97. The van der Waals surface area contributed by atoms with Gasteiger partial charge in [0.25, 0.3) is 0 Å². The topological polar surface area (TPSA) is 0 Å². The Morgan fingerprint density at radius 3 is 2.30 bits per heavy atom. The van der Waals surface area contributed by atoms with Gasteiger partial charge in [-0.1, -0.05) is 36.0 Å². The lowest BCUT2D eigenvalue weighted by Crippen LogP contribution is -1.65. The van der Waals surface area contributed by atoms with E-state index in [1.807, 2.05) is 13.0 Å². The van der Waals surface area contributed by atoms with Crippen molar-refractivity contribution in [3.63, 3.8) is 0 Å². The molecule has 0 saturated carbocycles. The van der Waals surface area contributed by atoms with Gasteiger partial charge in [0.15, 0.2) is 0 Å². The summed E-state index contributed by atoms with van der Waals surface area (Å²) in [7, 11) is 0. The molecule has 10 heavy (non-hydrogen) atoms. The molecule has 0 aromatic heterocycles. The molecule has 0 bridgehead atoms. The van der Waals surface area contributed by atoms with E-state index in [0.717, 1.165) is 12.0 Å². The summed E-state index contributed by atoms with van der Waals surface area (Å²) >= 11 is 0. The molecule has 0 radical (unpaired) electrons. The molecule has 0 amide bonds. The third-order valence-electron chi connectivity index (χ3n) is 1.06. The first-order chi connectivity index (χ1) is 4.63. The van der Waals surface area contributed by atoms with Crippen LogP contribution in [0.2, 0.25) is 0 Å². The van der Waals surface area contributed by atoms with Crippen LogP contribution in [-0.4, -0.2) is 0 Å². The van der Waals surface area contributed by atoms with Crippen LogP contribution in [0.5, 0.6) is 0 Å². The van der Waals surface area contributed by atoms with Crippen LogP contribution in [0.15, 0.2) is 36.0 Å². The van der Waals surface area contributed by atoms with Crippen LogP contribution in [0.1, 0.15) is 27.2 Å². The molecule has 56 valence electrons. The fraction of sp³-hybridized carbons (Fsp3) is 0.400. The molecule has 0 atom stereocenters. The van der Waals surface area contributed by atoms with Crippen LogP contribution >= 0.6 is 0 Å². The van der Waals surface area contributed by atoms with Gasteiger partial charge in [-0.25, -0.2) is 0 Å². The molecular weight excluding hydrogens is 120 g/mol. The second kappa shape index (κ2) is 5.04. The first-order valence-electron chi connectivity index (χ1n) is 3.58. The fourth-order valence-corrected chi connectivity index (χ4v) is 0.573. The van der Waals surface area contributed by atoms with Crippen LogP contribution in [0, 0.1) is 0 Å². The highest BCUT2D eigenvalue weighted by atomic mass is 13.8. The summed E-state index contributed by atoms with van der Waals surface area (Å²) < 4.78 is 0. The molecule has 0 aromatic rings. The zero-order valence-corrected chi connectivity index (χ0v) is 7.15. The Labute approximate surface area is 64.0 Å². The number of rotatable bonds is 3. The molecule has 0 fully saturated rings. The van der Waals surface area contributed by atoms with Crippen molar-refractivity contribution < 1.29 is 0 Å². The average Bonchev–Trinajstić information content (AvgIpc) is 1.79. The van der Waals surface area contributed by atoms with E-state index in [2.05, 4.69) is 32.6 Å². The van der Waals surface area contributed by atoms with Crippen molar-refractivity contribution in [1.82, 2.24) is 0 Å². The van der Waals surface area contributed by atoms with Crippen LogP contribution in [0.4, 0.5) is 0 Å². The zero-order chi connectivity index (χ0) is 7.98. The van der Waals surface area contributed by atoms with Crippen molar-refractivity contribution in [3.05, 3.63) is 36.0 Å². The lowest BCUT2D eigenvalue weighted by molar-refractivity contribution is 1.27. The molecule has 0 unspecified atom stereocenters. The fourth-order valence-electron chi connectivity index (χ4n) is 0.573. The monoisotopic (exact) mass is 136 g/mol. The molecule has 0 rings (SSSR count). The maximum atomic E-state index is 3.76. The third kappa shape index (κ3) is 7.22. The van der Waals surface area contributed by atoms with Gasteiger partial charge >= 0.3 is 0 Å².